The molecule has 2 amide bonds. The van der Waals surface area contributed by atoms with Crippen LogP contribution in [0.25, 0.3) is 5.69 Å². The molecule has 0 spiro atoms. The zero-order valence-corrected chi connectivity index (χ0v) is 12.7. The second kappa shape index (κ2) is 6.74. The van der Waals surface area contributed by atoms with Crippen LogP contribution in [0.15, 0.2) is 61.1 Å². The Hall–Kier alpha value is -3.15. The van der Waals surface area contributed by atoms with Gasteiger partial charge in [0.2, 0.25) is 0 Å². The van der Waals surface area contributed by atoms with Crippen molar-refractivity contribution in [2.75, 3.05) is 5.32 Å². The maximum atomic E-state index is 12.1. The Morgan fingerprint density at radius 3 is 2.61 bits per heavy atom. The second-order valence-corrected chi connectivity index (χ2v) is 5.06. The highest BCUT2D eigenvalue weighted by Crippen LogP contribution is 2.20. The summed E-state index contributed by atoms with van der Waals surface area (Å²) in [6, 6.07) is 12.9. The number of carbonyl (C=O) groups excluding carboxylic acids is 1. The van der Waals surface area contributed by atoms with E-state index in [1.54, 1.807) is 23.3 Å². The third-order valence-corrected chi connectivity index (χ3v) is 3.41. The van der Waals surface area contributed by atoms with Crippen LogP contribution in [0.1, 0.15) is 11.3 Å². The fourth-order valence-corrected chi connectivity index (χ4v) is 2.24. The van der Waals surface area contributed by atoms with Gasteiger partial charge in [-0.1, -0.05) is 12.1 Å². The van der Waals surface area contributed by atoms with Crippen LogP contribution < -0.4 is 10.6 Å². The van der Waals surface area contributed by atoms with Gasteiger partial charge in [0.05, 0.1) is 11.4 Å². The van der Waals surface area contributed by atoms with Crippen molar-refractivity contribution in [2.24, 2.45) is 0 Å². The maximum Gasteiger partial charge on any atom is 0.319 e. The molecular formula is C17H17N5O. The van der Waals surface area contributed by atoms with E-state index in [4.69, 9.17) is 0 Å². The minimum atomic E-state index is -0.265. The molecule has 2 aromatic heterocycles. The molecule has 2 N–H and O–H groups in total. The first kappa shape index (κ1) is 14.8. The molecule has 6 heteroatoms. The number of hydrogen-bond donors (Lipinski definition) is 2. The van der Waals surface area contributed by atoms with Gasteiger partial charge in [-0.2, -0.15) is 5.10 Å². The molecule has 0 bridgehead atoms. The number of rotatable bonds is 4. The van der Waals surface area contributed by atoms with Crippen molar-refractivity contribution in [1.82, 2.24) is 20.1 Å². The molecule has 3 rings (SSSR count). The summed E-state index contributed by atoms with van der Waals surface area (Å²) in [7, 11) is 0. The van der Waals surface area contributed by atoms with E-state index in [1.165, 1.54) is 0 Å². The van der Waals surface area contributed by atoms with E-state index in [-0.39, 0.29) is 6.03 Å². The van der Waals surface area contributed by atoms with Crippen molar-refractivity contribution < 1.29 is 4.79 Å². The van der Waals surface area contributed by atoms with Gasteiger partial charge in [-0.05, 0) is 42.8 Å². The molecule has 0 atom stereocenters. The van der Waals surface area contributed by atoms with Crippen molar-refractivity contribution in [1.29, 1.82) is 0 Å². The fourth-order valence-electron chi connectivity index (χ4n) is 2.24. The third-order valence-electron chi connectivity index (χ3n) is 3.41. The molecule has 0 fully saturated rings. The number of aromatic nitrogens is 3. The number of urea groups is 1. The SMILES string of the molecule is Cc1ccnn1-c1ccccc1NC(=O)NCc1ccncc1. The Bertz CT molecular complexity index is 798. The van der Waals surface area contributed by atoms with Gasteiger partial charge in [0, 0.05) is 30.8 Å². The maximum absolute atomic E-state index is 12.1. The summed E-state index contributed by atoms with van der Waals surface area (Å²) in [5.41, 5.74) is 3.52. The first-order valence-corrected chi connectivity index (χ1v) is 7.28. The molecule has 1 aromatic carbocycles. The number of pyridine rings is 1. The molecule has 2 heterocycles. The van der Waals surface area contributed by atoms with Crippen LogP contribution in [0, 0.1) is 6.92 Å². The molecule has 0 saturated carbocycles. The van der Waals surface area contributed by atoms with Crippen LogP contribution in [0.2, 0.25) is 0 Å². The van der Waals surface area contributed by atoms with Gasteiger partial charge in [0.15, 0.2) is 0 Å². The van der Waals surface area contributed by atoms with E-state index in [1.807, 2.05) is 49.4 Å². The number of nitrogens with one attached hydrogen (secondary N) is 2. The van der Waals surface area contributed by atoms with Gasteiger partial charge in [-0.25, -0.2) is 9.48 Å². The van der Waals surface area contributed by atoms with Crippen LogP contribution in [-0.4, -0.2) is 20.8 Å². The number of anilines is 1. The lowest BCUT2D eigenvalue weighted by molar-refractivity contribution is 0.251. The number of hydrogen-bond acceptors (Lipinski definition) is 3. The predicted octanol–water partition coefficient (Wildman–Crippen LogP) is 2.90. The van der Waals surface area contributed by atoms with E-state index in [2.05, 4.69) is 20.7 Å². The summed E-state index contributed by atoms with van der Waals surface area (Å²) >= 11 is 0. The Kier molecular flexibility index (Phi) is 4.33. The number of aryl methyl sites for hydroxylation is 1. The molecule has 0 aliphatic heterocycles. The molecule has 0 saturated heterocycles. The summed E-state index contributed by atoms with van der Waals surface area (Å²) in [5, 5.41) is 9.98. The van der Waals surface area contributed by atoms with E-state index in [9.17, 15) is 4.79 Å². The monoisotopic (exact) mass is 307 g/mol. The van der Waals surface area contributed by atoms with E-state index in [0.717, 1.165) is 16.9 Å². The molecule has 0 aliphatic rings. The van der Waals surface area contributed by atoms with Gasteiger partial charge >= 0.3 is 6.03 Å². The van der Waals surface area contributed by atoms with Crippen LogP contribution in [0.5, 0.6) is 0 Å². The molecule has 0 aliphatic carbocycles. The normalized spacial score (nSPS) is 10.3. The lowest BCUT2D eigenvalue weighted by Crippen LogP contribution is -2.28. The average Bonchev–Trinajstić information content (AvgIpc) is 3.00. The summed E-state index contributed by atoms with van der Waals surface area (Å²) in [6.45, 7) is 2.41. The summed E-state index contributed by atoms with van der Waals surface area (Å²) in [5.74, 6) is 0. The fraction of sp³-hybridized carbons (Fsp3) is 0.118. The number of benzene rings is 1. The number of amides is 2. The van der Waals surface area contributed by atoms with Gasteiger partial charge in [-0.3, -0.25) is 4.98 Å². The number of carbonyl (C=O) groups is 1. The molecule has 116 valence electrons. The second-order valence-electron chi connectivity index (χ2n) is 5.06. The highest BCUT2D eigenvalue weighted by Gasteiger charge is 2.09. The summed E-state index contributed by atoms with van der Waals surface area (Å²) in [6.07, 6.45) is 5.13. The Balaban J connectivity index is 1.71. The number of para-hydroxylation sites is 2. The highest BCUT2D eigenvalue weighted by molar-refractivity contribution is 5.91. The van der Waals surface area contributed by atoms with E-state index in [0.29, 0.717) is 12.2 Å². The smallest absolute Gasteiger partial charge is 0.319 e. The molecule has 3 aromatic rings. The molecular weight excluding hydrogens is 290 g/mol. The lowest BCUT2D eigenvalue weighted by Gasteiger charge is -2.13. The predicted molar refractivity (Wildman–Crippen MR) is 88.4 cm³/mol. The topological polar surface area (TPSA) is 71.8 Å². The van der Waals surface area contributed by atoms with Gasteiger partial charge < -0.3 is 10.6 Å². The first-order valence-electron chi connectivity index (χ1n) is 7.28. The Morgan fingerprint density at radius 2 is 1.87 bits per heavy atom. The van der Waals surface area contributed by atoms with Gasteiger partial charge in [0.25, 0.3) is 0 Å². The molecule has 23 heavy (non-hydrogen) atoms. The molecule has 6 nitrogen and oxygen atoms in total. The van der Waals surface area contributed by atoms with Crippen LogP contribution in [0.3, 0.4) is 0 Å². The molecule has 0 unspecified atom stereocenters. The van der Waals surface area contributed by atoms with Gasteiger partial charge in [-0.15, -0.1) is 0 Å². The van der Waals surface area contributed by atoms with Crippen LogP contribution in [-0.2, 0) is 6.54 Å². The quantitative estimate of drug-likeness (QED) is 0.778. The zero-order chi connectivity index (χ0) is 16.1. The minimum Gasteiger partial charge on any atom is -0.334 e. The standard InChI is InChI=1S/C17H17N5O/c1-13-6-11-20-22(13)16-5-3-2-4-15(16)21-17(23)19-12-14-7-9-18-10-8-14/h2-11H,12H2,1H3,(H2,19,21,23). The summed E-state index contributed by atoms with van der Waals surface area (Å²) in [4.78, 5) is 16.1. The summed E-state index contributed by atoms with van der Waals surface area (Å²) < 4.78 is 1.79. The van der Waals surface area contributed by atoms with Gasteiger partial charge in [0.1, 0.15) is 0 Å². The zero-order valence-electron chi connectivity index (χ0n) is 12.7. The Morgan fingerprint density at radius 1 is 1.09 bits per heavy atom. The average molecular weight is 307 g/mol. The third kappa shape index (κ3) is 3.55. The number of nitrogens with zero attached hydrogens (tertiary/aromatic N) is 3. The molecule has 0 radical (unpaired) electrons. The van der Waals surface area contributed by atoms with Crippen molar-refractivity contribution >= 4 is 11.7 Å². The van der Waals surface area contributed by atoms with Crippen molar-refractivity contribution in [2.45, 2.75) is 13.5 Å². The van der Waals surface area contributed by atoms with E-state index < -0.39 is 0 Å². The largest absolute Gasteiger partial charge is 0.334 e. The first-order chi connectivity index (χ1) is 11.2. The van der Waals surface area contributed by atoms with Crippen molar-refractivity contribution in [3.8, 4) is 5.69 Å². The highest BCUT2D eigenvalue weighted by atomic mass is 16.2. The Labute approximate surface area is 134 Å². The van der Waals surface area contributed by atoms with E-state index >= 15 is 0 Å². The van der Waals surface area contributed by atoms with Crippen molar-refractivity contribution in [3.63, 3.8) is 0 Å². The van der Waals surface area contributed by atoms with Crippen molar-refractivity contribution in [3.05, 3.63) is 72.3 Å². The van der Waals surface area contributed by atoms with Crippen LogP contribution >= 0.6 is 0 Å². The van der Waals surface area contributed by atoms with Crippen LogP contribution in [0.4, 0.5) is 10.5 Å². The minimum absolute atomic E-state index is 0.265. The lowest BCUT2D eigenvalue weighted by atomic mass is 10.2.